The number of amides is 3. The molecule has 24 heavy (non-hydrogen) atoms. The van der Waals surface area contributed by atoms with Crippen LogP contribution in [0.25, 0.3) is 0 Å². The summed E-state index contributed by atoms with van der Waals surface area (Å²) >= 11 is 0. The number of nitrogens with zero attached hydrogens (tertiary/aromatic N) is 2. The maximum absolute atomic E-state index is 12.2. The van der Waals surface area contributed by atoms with Gasteiger partial charge < -0.3 is 10.2 Å². The fourth-order valence-corrected chi connectivity index (χ4v) is 3.13. The lowest BCUT2D eigenvalue weighted by molar-refractivity contribution is -0.198. The Labute approximate surface area is 141 Å². The lowest BCUT2D eigenvalue weighted by atomic mass is 10.3. The van der Waals surface area contributed by atoms with E-state index in [0.717, 1.165) is 19.3 Å². The molecule has 1 N–H and O–H groups in total. The molecule has 2 rings (SSSR count). The van der Waals surface area contributed by atoms with E-state index in [1.54, 1.807) is 0 Å². The van der Waals surface area contributed by atoms with Gasteiger partial charge >= 0.3 is 5.97 Å². The molecule has 0 radical (unpaired) electrons. The van der Waals surface area contributed by atoms with E-state index in [-0.39, 0.29) is 25.3 Å². The Morgan fingerprint density at radius 2 is 1.71 bits per heavy atom. The molecule has 0 aliphatic carbocycles. The van der Waals surface area contributed by atoms with Gasteiger partial charge in [-0.25, -0.2) is 4.79 Å². The zero-order valence-corrected chi connectivity index (χ0v) is 14.4. The van der Waals surface area contributed by atoms with Crippen LogP contribution in [0.5, 0.6) is 0 Å². The molecule has 8 nitrogen and oxygen atoms in total. The topological polar surface area (TPSA) is 96.0 Å². The Bertz CT molecular complexity index is 510. The van der Waals surface area contributed by atoms with Crippen LogP contribution in [-0.2, 0) is 24.0 Å². The van der Waals surface area contributed by atoms with E-state index < -0.39 is 23.8 Å². The van der Waals surface area contributed by atoms with Crippen LogP contribution in [0.2, 0.25) is 0 Å². The summed E-state index contributed by atoms with van der Waals surface area (Å²) in [6.07, 6.45) is 3.33. The van der Waals surface area contributed by atoms with Gasteiger partial charge in [0.25, 0.3) is 11.8 Å². The molecule has 2 aliphatic heterocycles. The molecule has 2 heterocycles. The standard InChI is InChI=1S/C16H25N3O5/c1-10-5-4-6-11(2)18(10)9-13(20)17-12(3)16(23)24-19-14(21)7-8-15(19)22/h10-12H,4-9H2,1-3H3,(H,17,20)/i3+1,9+1,10+1,11+1,18+1. The summed E-state index contributed by atoms with van der Waals surface area (Å²) < 4.78 is 0. The maximum Gasteiger partial charge on any atom is 0.354 e. The second-order valence-corrected chi connectivity index (χ2v) is 6.58. The second kappa shape index (κ2) is 7.74. The second-order valence-electron chi connectivity index (χ2n) is 6.58. The van der Waals surface area contributed by atoms with Crippen LogP contribution >= 0.6 is 0 Å². The van der Waals surface area contributed by atoms with E-state index >= 15 is 0 Å². The van der Waals surface area contributed by atoms with Crippen molar-refractivity contribution in [2.45, 2.75) is 71.0 Å². The number of imide groups is 1. The Balaban J connectivity index is 1.83. The van der Waals surface area contributed by atoms with Gasteiger partial charge in [0, 0.05) is 24.9 Å². The van der Waals surface area contributed by atoms with Gasteiger partial charge in [-0.05, 0) is 33.6 Å². The number of hydrogen-bond donors (Lipinski definition) is 1. The first-order valence-corrected chi connectivity index (χ1v) is 8.42. The van der Waals surface area contributed by atoms with Crippen LogP contribution in [0.1, 0.15) is 52.9 Å². The van der Waals surface area contributed by atoms with Gasteiger partial charge in [0.1, 0.15) is 6.04 Å². The molecule has 0 aromatic carbocycles. The fourth-order valence-electron chi connectivity index (χ4n) is 3.13. The SMILES string of the molecule is C[13CH]1CCC[13CH](C)[15N]1[13CH2]C(=O)NC([13CH3])C(=O)ON1C(=O)CCC1=O. The Hall–Kier alpha value is -1.96. The number of nitrogens with one attached hydrogen (secondary N) is 1. The minimum absolute atomic E-state index is 0.0393. The zero-order chi connectivity index (χ0) is 17.9. The summed E-state index contributed by atoms with van der Waals surface area (Å²) in [7, 11) is 0. The monoisotopic (exact) mass is 344 g/mol. The lowest BCUT2D eigenvalue weighted by Gasteiger charge is -2.38. The first kappa shape index (κ1) is 18.4. The molecule has 2 aliphatic rings. The van der Waals surface area contributed by atoms with Crippen LogP contribution in [0, 0.1) is 0 Å². The summed E-state index contributed by atoms with van der Waals surface area (Å²) in [6.45, 7) is 5.85. The van der Waals surface area contributed by atoms with Gasteiger partial charge in [-0.15, -0.1) is 5.06 Å². The molecule has 0 aromatic heterocycles. The molecule has 8 heteroatoms. The summed E-state index contributed by atoms with van der Waals surface area (Å²) in [4.78, 5) is 53.9. The number of hydroxylamine groups is 2. The van der Waals surface area contributed by atoms with E-state index in [1.807, 2.05) is 0 Å². The smallest absolute Gasteiger partial charge is 0.342 e. The van der Waals surface area contributed by atoms with Gasteiger partial charge in [-0.3, -0.25) is 19.3 Å². The molecule has 3 atom stereocenters. The molecule has 3 amide bonds. The number of carbonyl (C=O) groups is 4. The molecule has 134 valence electrons. The quantitative estimate of drug-likeness (QED) is 0.439. The minimum Gasteiger partial charge on any atom is -0.342 e. The van der Waals surface area contributed by atoms with Gasteiger partial charge in [0.15, 0.2) is 0 Å². The highest BCUT2D eigenvalue weighted by molar-refractivity contribution is 6.01. The highest BCUT2D eigenvalue weighted by Gasteiger charge is 2.34. The summed E-state index contributed by atoms with van der Waals surface area (Å²) in [5.74, 6) is -2.18. The molecule has 0 bridgehead atoms. The van der Waals surface area contributed by atoms with Crippen LogP contribution in [0.3, 0.4) is 0 Å². The van der Waals surface area contributed by atoms with Gasteiger partial charge in [0.05, 0.1) is 6.54 Å². The third-order valence-electron chi connectivity index (χ3n) is 4.62. The average molecular weight is 344 g/mol. The van der Waals surface area contributed by atoms with Crippen molar-refractivity contribution in [3.05, 3.63) is 0 Å². The summed E-state index contributed by atoms with van der Waals surface area (Å²) in [6, 6.07) is -0.294. The number of carbonyl (C=O) groups excluding carboxylic acids is 4. The van der Waals surface area contributed by atoms with E-state index in [1.165, 1.54) is 6.92 Å². The number of hydrogen-bond acceptors (Lipinski definition) is 6. The number of piperidine rings is 1. The van der Waals surface area contributed by atoms with Crippen molar-refractivity contribution in [2.75, 3.05) is 6.54 Å². The third kappa shape index (κ3) is 4.31. The first-order valence-electron chi connectivity index (χ1n) is 8.42. The van der Waals surface area contributed by atoms with Crippen LogP contribution in [0.4, 0.5) is 0 Å². The molecular weight excluding hydrogens is 319 g/mol. The summed E-state index contributed by atoms with van der Waals surface area (Å²) in [5.41, 5.74) is 0. The minimum atomic E-state index is -0.936. The van der Waals surface area contributed by atoms with Crippen LogP contribution in [0.15, 0.2) is 0 Å². The van der Waals surface area contributed by atoms with Crippen molar-refractivity contribution < 1.29 is 24.0 Å². The van der Waals surface area contributed by atoms with Crippen molar-refractivity contribution >= 4 is 23.7 Å². The zero-order valence-electron chi connectivity index (χ0n) is 14.4. The van der Waals surface area contributed by atoms with Gasteiger partial charge in [0.2, 0.25) is 5.91 Å². The predicted molar refractivity (Wildman–Crippen MR) is 84.3 cm³/mol. The Morgan fingerprint density at radius 3 is 2.25 bits per heavy atom. The third-order valence-corrected chi connectivity index (χ3v) is 4.62. The van der Waals surface area contributed by atoms with Crippen LogP contribution in [-0.4, -0.2) is 58.3 Å². The normalized spacial score (nSPS) is 26.4. The fraction of sp³-hybridized carbons (Fsp3) is 0.750. The predicted octanol–water partition coefficient (Wildman–Crippen LogP) is 0.361. The number of likely N-dealkylation sites (tertiary alicyclic amines) is 1. The van der Waals surface area contributed by atoms with Crippen LogP contribution < -0.4 is 5.32 Å². The summed E-state index contributed by atoms with van der Waals surface area (Å²) in [5, 5.41) is 3.05. The van der Waals surface area contributed by atoms with Crippen molar-refractivity contribution in [3.8, 4) is 0 Å². The first-order chi connectivity index (χ1) is 11.3. The highest BCUT2D eigenvalue weighted by Crippen LogP contribution is 2.21. The van der Waals surface area contributed by atoms with Gasteiger partial charge in [-0.2, -0.15) is 0 Å². The Kier molecular flexibility index (Phi) is 5.93. The van der Waals surface area contributed by atoms with Crippen molar-refractivity contribution in [2.24, 2.45) is 0 Å². The molecular formula is C16H25N3O5. The van der Waals surface area contributed by atoms with Crippen molar-refractivity contribution in [1.29, 1.82) is 0 Å². The molecule has 3 unspecified atom stereocenters. The maximum atomic E-state index is 12.2. The molecule has 0 aromatic rings. The van der Waals surface area contributed by atoms with Gasteiger partial charge in [-0.1, -0.05) is 6.42 Å². The molecule has 2 saturated heterocycles. The van der Waals surface area contributed by atoms with E-state index in [2.05, 4.69) is 24.1 Å². The van der Waals surface area contributed by atoms with E-state index in [9.17, 15) is 19.2 Å². The van der Waals surface area contributed by atoms with E-state index in [4.69, 9.17) is 4.84 Å². The van der Waals surface area contributed by atoms with E-state index in [0.29, 0.717) is 17.1 Å². The lowest BCUT2D eigenvalue weighted by Crippen LogP contribution is -2.51. The average Bonchev–Trinajstić information content (AvgIpc) is 2.83. The number of rotatable bonds is 5. The highest BCUT2D eigenvalue weighted by atomic mass is 16.7. The largest absolute Gasteiger partial charge is 0.354 e. The molecule has 2 fully saturated rings. The molecule has 0 spiro atoms. The van der Waals surface area contributed by atoms with Crippen molar-refractivity contribution in [3.63, 3.8) is 0 Å². The van der Waals surface area contributed by atoms with Crippen molar-refractivity contribution in [1.82, 2.24) is 15.3 Å². The molecule has 0 saturated carbocycles. The Morgan fingerprint density at radius 1 is 1.17 bits per heavy atom.